The lowest BCUT2D eigenvalue weighted by molar-refractivity contribution is 0.669. The van der Waals surface area contributed by atoms with Crippen LogP contribution in [0.5, 0.6) is 0 Å². The van der Waals surface area contributed by atoms with Gasteiger partial charge in [0.25, 0.3) is 0 Å². The number of hydrogen-bond donors (Lipinski definition) is 0. The summed E-state index contributed by atoms with van der Waals surface area (Å²) in [5.41, 5.74) is 16.7. The molecule has 60 heavy (non-hydrogen) atoms. The molecule has 0 atom stereocenters. The van der Waals surface area contributed by atoms with Crippen molar-refractivity contribution in [2.24, 2.45) is 0 Å². The molecule has 0 radical (unpaired) electrons. The molecule has 0 amide bonds. The van der Waals surface area contributed by atoms with Crippen molar-refractivity contribution in [1.82, 2.24) is 0 Å². The Morgan fingerprint density at radius 1 is 0.283 bits per heavy atom. The number of rotatable bonds is 8. The highest BCUT2D eigenvalue weighted by atomic mass is 16.3. The van der Waals surface area contributed by atoms with Gasteiger partial charge in [0.05, 0.1) is 5.69 Å². The van der Waals surface area contributed by atoms with Crippen molar-refractivity contribution < 1.29 is 4.42 Å². The summed E-state index contributed by atoms with van der Waals surface area (Å²) in [5, 5.41) is 4.64. The topological polar surface area (TPSA) is 16.4 Å². The molecule has 282 valence electrons. The Hall–Kier alpha value is -7.94. The fourth-order valence-corrected chi connectivity index (χ4v) is 8.96. The predicted molar refractivity (Wildman–Crippen MR) is 253 cm³/mol. The third-order valence-electron chi connectivity index (χ3n) is 11.7. The summed E-state index contributed by atoms with van der Waals surface area (Å²) in [5.74, 6) is 0. The van der Waals surface area contributed by atoms with Crippen LogP contribution in [-0.4, -0.2) is 0 Å². The molecule has 1 aromatic heterocycles. The van der Waals surface area contributed by atoms with Gasteiger partial charge in [-0.2, -0.15) is 0 Å². The van der Waals surface area contributed by atoms with E-state index in [4.69, 9.17) is 4.42 Å². The Labute approximate surface area is 349 Å². The van der Waals surface area contributed by atoms with Crippen LogP contribution in [0.2, 0.25) is 0 Å². The minimum atomic E-state index is 0.869. The lowest BCUT2D eigenvalue weighted by atomic mass is 9.84. The Morgan fingerprint density at radius 2 is 0.817 bits per heavy atom. The van der Waals surface area contributed by atoms with Gasteiger partial charge in [-0.15, -0.1) is 0 Å². The normalized spacial score (nSPS) is 11.3. The Bertz CT molecular complexity index is 3320. The van der Waals surface area contributed by atoms with Gasteiger partial charge in [0.2, 0.25) is 0 Å². The molecule has 2 nitrogen and oxygen atoms in total. The summed E-state index contributed by atoms with van der Waals surface area (Å²) >= 11 is 0. The van der Waals surface area contributed by atoms with Crippen molar-refractivity contribution in [3.8, 4) is 55.6 Å². The minimum Gasteiger partial charge on any atom is -0.456 e. The second kappa shape index (κ2) is 15.1. The number of benzene rings is 10. The second-order valence-electron chi connectivity index (χ2n) is 15.2. The number of nitrogens with zero attached hydrogens (tertiary/aromatic N) is 1. The number of hydrogen-bond acceptors (Lipinski definition) is 2. The highest BCUT2D eigenvalue weighted by Crippen LogP contribution is 2.49. The molecule has 0 N–H and O–H groups in total. The molecule has 0 unspecified atom stereocenters. The first-order valence-electron chi connectivity index (χ1n) is 20.5. The van der Waals surface area contributed by atoms with Crippen molar-refractivity contribution in [2.75, 3.05) is 4.90 Å². The maximum absolute atomic E-state index is 6.36. The van der Waals surface area contributed by atoms with E-state index in [0.29, 0.717) is 0 Å². The van der Waals surface area contributed by atoms with E-state index in [1.54, 1.807) is 0 Å². The summed E-state index contributed by atoms with van der Waals surface area (Å²) in [6, 6.07) is 85.1. The third-order valence-corrected chi connectivity index (χ3v) is 11.7. The SMILES string of the molecule is c1ccc(-c2ccccc2-c2c(-c3ccccc3)cccc2-c2ccccc2N(c2cccc(-c3cccc4ccccc34)c2)c2ccc3oc4ccccc4c3c2)cc1. The van der Waals surface area contributed by atoms with Gasteiger partial charge in [0, 0.05) is 27.7 Å². The first-order chi connectivity index (χ1) is 29.8. The van der Waals surface area contributed by atoms with E-state index < -0.39 is 0 Å². The van der Waals surface area contributed by atoms with E-state index >= 15 is 0 Å². The summed E-state index contributed by atoms with van der Waals surface area (Å²) in [7, 11) is 0. The first-order valence-corrected chi connectivity index (χ1v) is 20.5. The maximum Gasteiger partial charge on any atom is 0.135 e. The molecule has 0 aliphatic heterocycles. The largest absolute Gasteiger partial charge is 0.456 e. The molecule has 10 aromatic carbocycles. The van der Waals surface area contributed by atoms with Gasteiger partial charge in [-0.05, 0) is 103 Å². The molecule has 11 aromatic rings. The Balaban J connectivity index is 1.18. The fourth-order valence-electron chi connectivity index (χ4n) is 8.96. The van der Waals surface area contributed by atoms with Crippen molar-refractivity contribution in [3.05, 3.63) is 237 Å². The van der Waals surface area contributed by atoms with Crippen LogP contribution in [0, 0.1) is 0 Å². The zero-order chi connectivity index (χ0) is 39.8. The van der Waals surface area contributed by atoms with Crippen LogP contribution < -0.4 is 4.90 Å². The zero-order valence-corrected chi connectivity index (χ0v) is 32.9. The van der Waals surface area contributed by atoms with E-state index in [1.807, 2.05) is 12.1 Å². The highest BCUT2D eigenvalue weighted by Gasteiger charge is 2.23. The average molecular weight is 766 g/mol. The third kappa shape index (κ3) is 6.23. The molecule has 11 rings (SSSR count). The van der Waals surface area contributed by atoms with E-state index in [0.717, 1.165) is 55.7 Å². The molecular formula is C58H39NO. The van der Waals surface area contributed by atoms with Gasteiger partial charge >= 0.3 is 0 Å². The summed E-state index contributed by atoms with van der Waals surface area (Å²) in [4.78, 5) is 2.42. The van der Waals surface area contributed by atoms with E-state index in [-0.39, 0.29) is 0 Å². The lowest BCUT2D eigenvalue weighted by Crippen LogP contribution is -2.11. The Kier molecular flexibility index (Phi) is 8.87. The molecule has 0 fully saturated rings. The standard InChI is InChI=1S/C58H39NO/c1-3-18-40(19-4-1)47-27-9-10-30-52(47)58-49(42-20-5-2-6-21-42)32-17-33-53(58)50-28-11-13-34-55(50)59(45-36-37-57-54(39-45)51-29-12-14-35-56(51)60-57)44-25-15-24-43(38-44)48-31-16-23-41-22-7-8-26-46(41)48/h1-39H. The number of para-hydroxylation sites is 2. The fraction of sp³-hybridized carbons (Fsp3) is 0. The molecule has 2 heteroatoms. The van der Waals surface area contributed by atoms with Crippen molar-refractivity contribution >= 4 is 49.8 Å². The number of fused-ring (bicyclic) bond motifs is 4. The summed E-state index contributed by atoms with van der Waals surface area (Å²) in [6.45, 7) is 0. The molecular weight excluding hydrogens is 727 g/mol. The van der Waals surface area contributed by atoms with Crippen molar-refractivity contribution in [1.29, 1.82) is 0 Å². The van der Waals surface area contributed by atoms with Crippen LogP contribution in [0.25, 0.3) is 88.3 Å². The van der Waals surface area contributed by atoms with Gasteiger partial charge in [-0.25, -0.2) is 0 Å². The van der Waals surface area contributed by atoms with Gasteiger partial charge < -0.3 is 9.32 Å². The van der Waals surface area contributed by atoms with Gasteiger partial charge in [0.1, 0.15) is 11.2 Å². The van der Waals surface area contributed by atoms with Crippen LogP contribution in [-0.2, 0) is 0 Å². The predicted octanol–water partition coefficient (Wildman–Crippen LogP) is 16.5. The molecule has 1 heterocycles. The molecule has 0 aliphatic carbocycles. The zero-order valence-electron chi connectivity index (χ0n) is 32.9. The van der Waals surface area contributed by atoms with E-state index in [2.05, 4.69) is 229 Å². The molecule has 0 bridgehead atoms. The van der Waals surface area contributed by atoms with Crippen LogP contribution in [0.3, 0.4) is 0 Å². The second-order valence-corrected chi connectivity index (χ2v) is 15.2. The van der Waals surface area contributed by atoms with Gasteiger partial charge in [0.15, 0.2) is 0 Å². The van der Waals surface area contributed by atoms with Gasteiger partial charge in [-0.1, -0.05) is 194 Å². The number of anilines is 3. The van der Waals surface area contributed by atoms with Gasteiger partial charge in [-0.3, -0.25) is 0 Å². The molecule has 0 saturated heterocycles. The van der Waals surface area contributed by atoms with Crippen molar-refractivity contribution in [3.63, 3.8) is 0 Å². The number of furan rings is 1. The van der Waals surface area contributed by atoms with E-state index in [1.165, 1.54) is 49.7 Å². The first kappa shape index (κ1) is 35.2. The van der Waals surface area contributed by atoms with Crippen LogP contribution in [0.15, 0.2) is 241 Å². The molecule has 0 spiro atoms. The molecule has 0 aliphatic rings. The lowest BCUT2D eigenvalue weighted by Gasteiger charge is -2.29. The summed E-state index contributed by atoms with van der Waals surface area (Å²) in [6.07, 6.45) is 0. The summed E-state index contributed by atoms with van der Waals surface area (Å²) < 4.78 is 6.36. The van der Waals surface area contributed by atoms with Crippen LogP contribution >= 0.6 is 0 Å². The maximum atomic E-state index is 6.36. The monoisotopic (exact) mass is 765 g/mol. The van der Waals surface area contributed by atoms with E-state index in [9.17, 15) is 0 Å². The van der Waals surface area contributed by atoms with Crippen LogP contribution in [0.1, 0.15) is 0 Å². The van der Waals surface area contributed by atoms with Crippen LogP contribution in [0.4, 0.5) is 17.1 Å². The highest BCUT2D eigenvalue weighted by molar-refractivity contribution is 6.08. The Morgan fingerprint density at radius 3 is 1.65 bits per heavy atom. The smallest absolute Gasteiger partial charge is 0.135 e. The van der Waals surface area contributed by atoms with Crippen molar-refractivity contribution in [2.45, 2.75) is 0 Å². The molecule has 0 saturated carbocycles. The minimum absolute atomic E-state index is 0.869. The average Bonchev–Trinajstić information content (AvgIpc) is 3.70. The quantitative estimate of drug-likeness (QED) is 0.153.